The molecule has 1 amide bonds. The Labute approximate surface area is 203 Å². The summed E-state index contributed by atoms with van der Waals surface area (Å²) < 4.78 is 17.7. The molecule has 2 aliphatic rings. The third kappa shape index (κ3) is 3.43. The Kier molecular flexibility index (Phi) is 5.51. The highest BCUT2D eigenvalue weighted by atomic mass is 35.5. The lowest BCUT2D eigenvalue weighted by atomic mass is 9.80. The number of pyridine rings is 1. The van der Waals surface area contributed by atoms with Gasteiger partial charge >= 0.3 is 0 Å². The minimum absolute atomic E-state index is 0.0904. The standard InChI is InChI=1S/C25H28ClFN6O/c1-4-14-10-31-33(12-14)15-7-8-25(9-15)13-30-23-20(25)21(26)17(11-29-23)16-5-6-18(28)19(22(16)27)24(34)32(2)3/h5-6,10-12,15H,4,7-9,13,28H2,1-3H3,(H,29,30). The topological polar surface area (TPSA) is 89.1 Å². The number of carbonyl (C=O) groups excluding carboxylic acids is 1. The largest absolute Gasteiger partial charge is 0.398 e. The van der Waals surface area contributed by atoms with Crippen molar-refractivity contribution in [2.45, 2.75) is 44.1 Å². The molecule has 0 saturated heterocycles. The minimum atomic E-state index is -0.685. The maximum absolute atomic E-state index is 15.6. The van der Waals surface area contributed by atoms with E-state index in [1.54, 1.807) is 32.4 Å². The van der Waals surface area contributed by atoms with Crippen LogP contribution in [-0.2, 0) is 11.8 Å². The van der Waals surface area contributed by atoms with Crippen LogP contribution in [0, 0.1) is 5.82 Å². The van der Waals surface area contributed by atoms with Crippen LogP contribution >= 0.6 is 11.6 Å². The van der Waals surface area contributed by atoms with Crippen molar-refractivity contribution >= 4 is 29.0 Å². The van der Waals surface area contributed by atoms with E-state index in [9.17, 15) is 4.79 Å². The highest BCUT2D eigenvalue weighted by molar-refractivity contribution is 6.34. The first-order valence-corrected chi connectivity index (χ1v) is 11.9. The number of hydrogen-bond acceptors (Lipinski definition) is 5. The zero-order valence-corrected chi connectivity index (χ0v) is 20.3. The van der Waals surface area contributed by atoms with Gasteiger partial charge in [0.15, 0.2) is 0 Å². The number of benzene rings is 1. The number of fused-ring (bicyclic) bond motifs is 2. The third-order valence-corrected chi connectivity index (χ3v) is 7.64. The van der Waals surface area contributed by atoms with Gasteiger partial charge in [-0.2, -0.15) is 5.10 Å². The maximum Gasteiger partial charge on any atom is 0.258 e. The Morgan fingerprint density at radius 3 is 2.85 bits per heavy atom. The molecule has 3 heterocycles. The van der Waals surface area contributed by atoms with Crippen LogP contribution in [-0.4, -0.2) is 46.2 Å². The van der Waals surface area contributed by atoms with Crippen LogP contribution in [0.2, 0.25) is 5.02 Å². The monoisotopic (exact) mass is 482 g/mol. The number of aromatic nitrogens is 3. The molecule has 2 unspecified atom stereocenters. The van der Waals surface area contributed by atoms with Crippen molar-refractivity contribution in [2.24, 2.45) is 0 Å². The fraction of sp³-hybridized carbons (Fsp3) is 0.400. The van der Waals surface area contributed by atoms with E-state index in [2.05, 4.69) is 33.2 Å². The summed E-state index contributed by atoms with van der Waals surface area (Å²) in [5.74, 6) is -0.440. The number of nitrogens with one attached hydrogen (secondary N) is 1. The van der Waals surface area contributed by atoms with Crippen LogP contribution < -0.4 is 11.1 Å². The molecule has 1 spiro atoms. The van der Waals surface area contributed by atoms with E-state index >= 15 is 4.39 Å². The Balaban J connectivity index is 1.56. The molecular formula is C25H28ClFN6O. The predicted octanol–water partition coefficient (Wildman–Crippen LogP) is 4.67. The van der Waals surface area contributed by atoms with Crippen LogP contribution in [0.15, 0.2) is 30.7 Å². The van der Waals surface area contributed by atoms with E-state index in [1.165, 1.54) is 10.5 Å². The molecule has 3 aromatic rings. The normalized spacial score (nSPS) is 21.0. The van der Waals surface area contributed by atoms with E-state index < -0.39 is 11.7 Å². The molecule has 1 saturated carbocycles. The van der Waals surface area contributed by atoms with Crippen LogP contribution in [0.3, 0.4) is 0 Å². The number of anilines is 2. The zero-order valence-electron chi connectivity index (χ0n) is 19.5. The van der Waals surface area contributed by atoms with Gasteiger partial charge in [0, 0.05) is 60.8 Å². The first kappa shape index (κ1) is 22.7. The highest BCUT2D eigenvalue weighted by Crippen LogP contribution is 2.54. The van der Waals surface area contributed by atoms with Crippen molar-refractivity contribution < 1.29 is 9.18 Å². The average Bonchev–Trinajstić information content (AvgIpc) is 3.54. The lowest BCUT2D eigenvalue weighted by Crippen LogP contribution is -2.26. The first-order chi connectivity index (χ1) is 16.3. The Hall–Kier alpha value is -3.13. The number of halogens is 2. The molecule has 2 atom stereocenters. The summed E-state index contributed by atoms with van der Waals surface area (Å²) >= 11 is 6.99. The number of carbonyl (C=O) groups is 1. The molecule has 34 heavy (non-hydrogen) atoms. The molecule has 9 heteroatoms. The molecule has 1 aliphatic carbocycles. The number of nitrogens with two attached hydrogens (primary N) is 1. The summed E-state index contributed by atoms with van der Waals surface area (Å²) in [5, 5.41) is 8.46. The van der Waals surface area contributed by atoms with Gasteiger partial charge in [-0.15, -0.1) is 0 Å². The number of nitrogen functional groups attached to an aromatic ring is 1. The molecule has 1 fully saturated rings. The second-order valence-electron chi connectivity index (χ2n) is 9.51. The van der Waals surface area contributed by atoms with E-state index in [1.807, 2.05) is 6.20 Å². The van der Waals surface area contributed by atoms with Crippen LogP contribution in [0.5, 0.6) is 0 Å². The summed E-state index contributed by atoms with van der Waals surface area (Å²) in [6, 6.07) is 3.38. The van der Waals surface area contributed by atoms with E-state index in [0.717, 1.165) is 43.6 Å². The first-order valence-electron chi connectivity index (χ1n) is 11.5. The van der Waals surface area contributed by atoms with Crippen molar-refractivity contribution in [1.82, 2.24) is 19.7 Å². The van der Waals surface area contributed by atoms with E-state index in [4.69, 9.17) is 17.3 Å². The molecule has 3 N–H and O–H groups in total. The average molecular weight is 483 g/mol. The molecule has 0 radical (unpaired) electrons. The fourth-order valence-electron chi connectivity index (χ4n) is 5.35. The van der Waals surface area contributed by atoms with Gasteiger partial charge < -0.3 is 16.0 Å². The number of hydrogen-bond donors (Lipinski definition) is 2. The number of nitrogens with zero attached hydrogens (tertiary/aromatic N) is 4. The number of rotatable bonds is 4. The van der Waals surface area contributed by atoms with Crippen molar-refractivity contribution in [3.05, 3.63) is 58.3 Å². The van der Waals surface area contributed by atoms with E-state index in [0.29, 0.717) is 10.6 Å². The quantitative estimate of drug-likeness (QED) is 0.527. The molecule has 178 valence electrons. The molecular weight excluding hydrogens is 455 g/mol. The lowest BCUT2D eigenvalue weighted by molar-refractivity contribution is 0.0824. The van der Waals surface area contributed by atoms with Crippen LogP contribution in [0.25, 0.3) is 11.1 Å². The van der Waals surface area contributed by atoms with Gasteiger partial charge in [0.25, 0.3) is 5.91 Å². The molecule has 5 rings (SSSR count). The lowest BCUT2D eigenvalue weighted by Gasteiger charge is -2.25. The molecule has 0 bridgehead atoms. The van der Waals surface area contributed by atoms with Gasteiger partial charge in [0.05, 0.1) is 22.8 Å². The second kappa shape index (κ2) is 8.27. The van der Waals surface area contributed by atoms with Gasteiger partial charge in [0.1, 0.15) is 11.6 Å². The minimum Gasteiger partial charge on any atom is -0.398 e. The maximum atomic E-state index is 15.6. The Morgan fingerprint density at radius 1 is 1.35 bits per heavy atom. The van der Waals surface area contributed by atoms with Gasteiger partial charge in [0.2, 0.25) is 0 Å². The van der Waals surface area contributed by atoms with Crippen molar-refractivity contribution in [1.29, 1.82) is 0 Å². The van der Waals surface area contributed by atoms with E-state index in [-0.39, 0.29) is 28.3 Å². The molecule has 1 aromatic carbocycles. The van der Waals surface area contributed by atoms with Gasteiger partial charge in [-0.05, 0) is 43.4 Å². The van der Waals surface area contributed by atoms with Crippen LogP contribution in [0.4, 0.5) is 15.9 Å². The number of amides is 1. The van der Waals surface area contributed by atoms with Crippen molar-refractivity contribution in [3.8, 4) is 11.1 Å². The zero-order chi connectivity index (χ0) is 24.2. The smallest absolute Gasteiger partial charge is 0.258 e. The molecule has 7 nitrogen and oxygen atoms in total. The van der Waals surface area contributed by atoms with Crippen molar-refractivity contribution in [3.63, 3.8) is 0 Å². The Bertz CT molecular complexity index is 1290. The second-order valence-corrected chi connectivity index (χ2v) is 9.89. The molecule has 2 aromatic heterocycles. The molecule has 1 aliphatic heterocycles. The van der Waals surface area contributed by atoms with Gasteiger partial charge in [-0.1, -0.05) is 18.5 Å². The summed E-state index contributed by atoms with van der Waals surface area (Å²) in [7, 11) is 3.12. The highest BCUT2D eigenvalue weighted by Gasteiger charge is 2.48. The SMILES string of the molecule is CCc1cnn(C2CCC3(CNc4ncc(-c5ccc(N)c(C(=O)N(C)C)c5F)c(Cl)c43)C2)c1. The fourth-order valence-corrected chi connectivity index (χ4v) is 5.79. The van der Waals surface area contributed by atoms with Gasteiger partial charge in [-0.3, -0.25) is 9.48 Å². The number of aryl methyl sites for hydroxylation is 1. The van der Waals surface area contributed by atoms with Gasteiger partial charge in [-0.25, -0.2) is 9.37 Å². The summed E-state index contributed by atoms with van der Waals surface area (Å²) in [6.45, 7) is 2.85. The Morgan fingerprint density at radius 2 is 2.15 bits per heavy atom. The summed E-state index contributed by atoms with van der Waals surface area (Å²) in [4.78, 5) is 18.5. The summed E-state index contributed by atoms with van der Waals surface area (Å²) in [5.41, 5.74) is 8.51. The summed E-state index contributed by atoms with van der Waals surface area (Å²) in [6.07, 6.45) is 9.34. The third-order valence-electron chi connectivity index (χ3n) is 7.24. The van der Waals surface area contributed by atoms with Crippen LogP contribution in [0.1, 0.15) is 53.7 Å². The predicted molar refractivity (Wildman–Crippen MR) is 132 cm³/mol. The van der Waals surface area contributed by atoms with Crippen molar-refractivity contribution in [2.75, 3.05) is 31.7 Å².